The Bertz CT molecular complexity index is 2000. The van der Waals surface area contributed by atoms with Crippen LogP contribution in [0.2, 0.25) is 0 Å². The second-order valence-corrected chi connectivity index (χ2v) is 12.4. The van der Waals surface area contributed by atoms with Gasteiger partial charge in [0.05, 0.1) is 23.6 Å². The van der Waals surface area contributed by atoms with Crippen LogP contribution in [0.5, 0.6) is 5.75 Å². The molecule has 2 aromatic carbocycles. The van der Waals surface area contributed by atoms with Crippen molar-refractivity contribution < 1.29 is 23.5 Å². The lowest BCUT2D eigenvalue weighted by atomic mass is 9.91. The number of amides is 1. The van der Waals surface area contributed by atoms with Crippen molar-refractivity contribution in [3.63, 3.8) is 0 Å². The van der Waals surface area contributed by atoms with Gasteiger partial charge in [-0.1, -0.05) is 12.1 Å². The maximum Gasteiger partial charge on any atom is 0.276 e. The predicted octanol–water partition coefficient (Wildman–Crippen LogP) is 6.55. The summed E-state index contributed by atoms with van der Waals surface area (Å²) in [6.45, 7) is 11.5. The van der Waals surface area contributed by atoms with Crippen LogP contribution in [0.4, 0.5) is 10.1 Å². The van der Waals surface area contributed by atoms with Crippen LogP contribution in [0.3, 0.4) is 0 Å². The van der Waals surface area contributed by atoms with Crippen molar-refractivity contribution >= 4 is 23.5 Å². The Hall–Kier alpha value is -5.03. The zero-order valence-corrected chi connectivity index (χ0v) is 26.6. The molecule has 1 aliphatic rings. The molecular formula is C35H35FN6O4. The molecule has 0 aliphatic carbocycles. The number of fused-ring (bicyclic) bond motifs is 2. The average Bonchev–Trinajstić information content (AvgIpc) is 3.45. The first-order chi connectivity index (χ1) is 21.9. The standard InChI is InChI=1S/C35H35FN6O4/c1-19-24-11-8-14-45-33(24)26(36)16-25(19)32-31(29(18-43)46-35(4,5)6)20(2)38-30-17-28(41-42(30)32)34(44)40-23-10-7-9-22(15-23)27-12-13-37-21(3)39-27/h7,9-10,12-13,15-18,29H,8,11,14H2,1-6H3,(H,40,44)/t29-/m1/s1. The van der Waals surface area contributed by atoms with E-state index < -0.39 is 23.4 Å². The monoisotopic (exact) mass is 622 g/mol. The zero-order valence-electron chi connectivity index (χ0n) is 26.6. The van der Waals surface area contributed by atoms with Gasteiger partial charge in [-0.2, -0.15) is 5.10 Å². The molecule has 11 heteroatoms. The largest absolute Gasteiger partial charge is 0.490 e. The Balaban J connectivity index is 1.48. The van der Waals surface area contributed by atoms with Gasteiger partial charge in [0.1, 0.15) is 11.9 Å². The van der Waals surface area contributed by atoms with Crippen LogP contribution in [0.1, 0.15) is 72.0 Å². The molecule has 0 saturated carbocycles. The van der Waals surface area contributed by atoms with Crippen molar-refractivity contribution in [1.29, 1.82) is 0 Å². The molecule has 1 aliphatic heterocycles. The summed E-state index contributed by atoms with van der Waals surface area (Å²) in [5, 5.41) is 7.59. The van der Waals surface area contributed by atoms with Gasteiger partial charge in [0.2, 0.25) is 0 Å². The summed E-state index contributed by atoms with van der Waals surface area (Å²) >= 11 is 0. The SMILES string of the molecule is Cc1nccc(-c2cccc(NC(=O)c3cc4nc(C)c([C@@H](C=O)OC(C)(C)C)c(-c5cc(F)c6c(c5C)CCCO6)n4n3)c2)n1. The second kappa shape index (κ2) is 12.1. The van der Waals surface area contributed by atoms with Crippen molar-refractivity contribution in [2.75, 3.05) is 11.9 Å². The number of hydrogen-bond acceptors (Lipinski definition) is 8. The number of aryl methyl sites for hydroxylation is 2. The number of anilines is 1. The van der Waals surface area contributed by atoms with E-state index in [2.05, 4.69) is 20.4 Å². The molecule has 5 aromatic rings. The summed E-state index contributed by atoms with van der Waals surface area (Å²) in [7, 11) is 0. The number of hydrogen-bond donors (Lipinski definition) is 1. The van der Waals surface area contributed by atoms with Gasteiger partial charge in [-0.15, -0.1) is 0 Å². The molecule has 46 heavy (non-hydrogen) atoms. The Labute approximate surface area is 266 Å². The minimum atomic E-state index is -1.03. The third-order valence-electron chi connectivity index (χ3n) is 7.83. The summed E-state index contributed by atoms with van der Waals surface area (Å²) in [5.41, 5.74) is 5.30. The normalized spacial score (nSPS) is 13.6. The Morgan fingerprint density at radius 2 is 1.93 bits per heavy atom. The Morgan fingerprint density at radius 1 is 1.13 bits per heavy atom. The first-order valence-corrected chi connectivity index (χ1v) is 15.1. The molecule has 6 rings (SSSR count). The third kappa shape index (κ3) is 5.97. The Kier molecular flexibility index (Phi) is 8.11. The molecule has 1 atom stereocenters. The van der Waals surface area contributed by atoms with E-state index >= 15 is 4.39 Å². The molecule has 10 nitrogen and oxygen atoms in total. The van der Waals surface area contributed by atoms with E-state index in [-0.39, 0.29) is 11.4 Å². The summed E-state index contributed by atoms with van der Waals surface area (Å²) in [6, 6.07) is 12.1. The molecule has 236 valence electrons. The van der Waals surface area contributed by atoms with Crippen molar-refractivity contribution in [2.24, 2.45) is 0 Å². The highest BCUT2D eigenvalue weighted by Gasteiger charge is 2.31. The lowest BCUT2D eigenvalue weighted by Crippen LogP contribution is -2.25. The first-order valence-electron chi connectivity index (χ1n) is 15.1. The number of nitrogens with zero attached hydrogens (tertiary/aromatic N) is 5. The van der Waals surface area contributed by atoms with E-state index in [9.17, 15) is 9.59 Å². The van der Waals surface area contributed by atoms with E-state index in [1.54, 1.807) is 31.3 Å². The van der Waals surface area contributed by atoms with Crippen LogP contribution in [0, 0.1) is 26.6 Å². The minimum absolute atomic E-state index is 0.0902. The van der Waals surface area contributed by atoms with Crippen LogP contribution in [0.15, 0.2) is 48.7 Å². The summed E-state index contributed by atoms with van der Waals surface area (Å²) in [4.78, 5) is 39.5. The van der Waals surface area contributed by atoms with Crippen LogP contribution in [-0.4, -0.2) is 49.0 Å². The number of aromatic nitrogens is 5. The van der Waals surface area contributed by atoms with Gasteiger partial charge in [-0.05, 0) is 84.2 Å². The minimum Gasteiger partial charge on any atom is -0.490 e. The van der Waals surface area contributed by atoms with Gasteiger partial charge in [0.15, 0.2) is 29.2 Å². The maximum absolute atomic E-state index is 15.6. The van der Waals surface area contributed by atoms with Crippen molar-refractivity contribution in [1.82, 2.24) is 24.6 Å². The van der Waals surface area contributed by atoms with E-state index in [4.69, 9.17) is 14.5 Å². The maximum atomic E-state index is 15.6. The van der Waals surface area contributed by atoms with Gasteiger partial charge >= 0.3 is 0 Å². The van der Waals surface area contributed by atoms with E-state index in [0.717, 1.165) is 28.8 Å². The summed E-state index contributed by atoms with van der Waals surface area (Å²) in [5.74, 6) is -0.0897. The van der Waals surface area contributed by atoms with Crippen molar-refractivity contribution in [3.8, 4) is 28.3 Å². The van der Waals surface area contributed by atoms with Crippen molar-refractivity contribution in [3.05, 3.63) is 88.4 Å². The number of aldehydes is 1. The molecule has 0 unspecified atom stereocenters. The van der Waals surface area contributed by atoms with Gasteiger partial charge in [0, 0.05) is 45.9 Å². The van der Waals surface area contributed by atoms with Gasteiger partial charge < -0.3 is 19.6 Å². The van der Waals surface area contributed by atoms with Gasteiger partial charge in [0.25, 0.3) is 5.91 Å². The van der Waals surface area contributed by atoms with Crippen LogP contribution in [-0.2, 0) is 16.0 Å². The molecular weight excluding hydrogens is 587 g/mol. The van der Waals surface area contributed by atoms with Crippen LogP contribution >= 0.6 is 0 Å². The number of rotatable bonds is 7. The lowest BCUT2D eigenvalue weighted by Gasteiger charge is -2.28. The molecule has 4 heterocycles. The molecule has 1 N–H and O–H groups in total. The van der Waals surface area contributed by atoms with Gasteiger partial charge in [-0.25, -0.2) is 23.9 Å². The third-order valence-corrected chi connectivity index (χ3v) is 7.83. The zero-order chi connectivity index (χ0) is 32.7. The number of benzene rings is 2. The average molecular weight is 623 g/mol. The Morgan fingerprint density at radius 3 is 2.67 bits per heavy atom. The van der Waals surface area contributed by atoms with Crippen molar-refractivity contribution in [2.45, 2.75) is 66.1 Å². The fraction of sp³-hybridized carbons (Fsp3) is 0.314. The molecule has 1 amide bonds. The predicted molar refractivity (Wildman–Crippen MR) is 171 cm³/mol. The molecule has 0 spiro atoms. The second-order valence-electron chi connectivity index (χ2n) is 12.4. The molecule has 0 fully saturated rings. The fourth-order valence-corrected chi connectivity index (χ4v) is 5.85. The van der Waals surface area contributed by atoms with Gasteiger partial charge in [-0.3, -0.25) is 4.79 Å². The molecule has 0 radical (unpaired) electrons. The van der Waals surface area contributed by atoms with Crippen LogP contribution < -0.4 is 10.1 Å². The smallest absolute Gasteiger partial charge is 0.276 e. The molecule has 3 aromatic heterocycles. The summed E-state index contributed by atoms with van der Waals surface area (Å²) < 4.78 is 29.0. The molecule has 0 saturated heterocycles. The van der Waals surface area contributed by atoms with Crippen LogP contribution in [0.25, 0.3) is 28.2 Å². The number of carbonyl (C=O) groups excluding carboxylic acids is 2. The number of nitrogens with one attached hydrogen (secondary N) is 1. The number of carbonyl (C=O) groups is 2. The lowest BCUT2D eigenvalue weighted by molar-refractivity contribution is -0.128. The first kappa shape index (κ1) is 31.0. The van der Waals surface area contributed by atoms with E-state index in [0.29, 0.717) is 59.0 Å². The number of halogens is 1. The highest BCUT2D eigenvalue weighted by molar-refractivity contribution is 6.04. The van der Waals surface area contributed by atoms with E-state index in [1.807, 2.05) is 52.8 Å². The topological polar surface area (TPSA) is 121 Å². The number of ether oxygens (including phenoxy) is 2. The fourth-order valence-electron chi connectivity index (χ4n) is 5.85. The quantitative estimate of drug-likeness (QED) is 0.203. The van der Waals surface area contributed by atoms with E-state index in [1.165, 1.54) is 10.6 Å². The molecule has 0 bridgehead atoms. The highest BCUT2D eigenvalue weighted by Crippen LogP contribution is 2.41. The highest BCUT2D eigenvalue weighted by atomic mass is 19.1. The summed E-state index contributed by atoms with van der Waals surface area (Å²) in [6.07, 6.45) is 2.76.